The van der Waals surface area contributed by atoms with Crippen molar-refractivity contribution in [2.75, 3.05) is 0 Å². The third-order valence-corrected chi connectivity index (χ3v) is 34.1. The van der Waals surface area contributed by atoms with Crippen molar-refractivity contribution in [3.8, 4) is 0 Å². The van der Waals surface area contributed by atoms with Crippen molar-refractivity contribution < 1.29 is 26.2 Å². The molecule has 4 saturated carbocycles. The van der Waals surface area contributed by atoms with Crippen LogP contribution in [0.5, 0.6) is 0 Å². The predicted octanol–water partition coefficient (Wildman–Crippen LogP) is 12.8. The third kappa shape index (κ3) is 6.89. The number of rotatable bonds is 7. The van der Waals surface area contributed by atoms with Gasteiger partial charge in [0.15, 0.2) is 0 Å². The average Bonchev–Trinajstić information content (AvgIpc) is 3.65. The molecule has 0 amide bonds. The van der Waals surface area contributed by atoms with Crippen LogP contribution in [0.1, 0.15) is 95.5 Å². The summed E-state index contributed by atoms with van der Waals surface area (Å²) in [4.78, 5) is 0. The van der Waals surface area contributed by atoms with Crippen molar-refractivity contribution in [3.63, 3.8) is 0 Å². The van der Waals surface area contributed by atoms with Gasteiger partial charge in [-0.05, 0) is 82.2 Å². The Hall–Kier alpha value is 0.0169. The van der Waals surface area contributed by atoms with Gasteiger partial charge in [-0.2, -0.15) is 0 Å². The van der Waals surface area contributed by atoms with E-state index in [-0.39, 0.29) is 55.9 Å². The molecule has 3 heteroatoms. The Labute approximate surface area is 284 Å². The molecule has 42 heavy (non-hydrogen) atoms. The summed E-state index contributed by atoms with van der Waals surface area (Å²) in [7, 11) is -2.58. The summed E-state index contributed by atoms with van der Waals surface area (Å²) in [5.74, 6) is 5.81. The molecule has 0 N–H and O–H groups in total. The maximum absolute atomic E-state index is 2.92. The summed E-state index contributed by atoms with van der Waals surface area (Å²) in [6.45, 7) is 14.0. The van der Waals surface area contributed by atoms with Gasteiger partial charge in [0.2, 0.25) is 0 Å². The molecule has 0 nitrogen and oxygen atoms in total. The first-order valence-electron chi connectivity index (χ1n) is 16.3. The summed E-state index contributed by atoms with van der Waals surface area (Å²) < 4.78 is 0. The van der Waals surface area contributed by atoms with Gasteiger partial charge in [0.05, 0.1) is 0 Å². The molecule has 0 spiro atoms. The SMILES string of the molecule is CCCCC1CCC([Si](C)(C)[Si](C)(C)C2CCC3C2CC2CCCC2C3c2cccc3ccccc23)C1.[CH3-].[CH3-].[CH3-].[CH3-].[Zr+4]. The summed E-state index contributed by atoms with van der Waals surface area (Å²) >= 11 is 0. The number of hydrogen-bond acceptors (Lipinski definition) is 0. The Balaban J connectivity index is 0.00000176. The zero-order valence-electron chi connectivity index (χ0n) is 29.1. The minimum Gasteiger partial charge on any atom is -0.358 e. The van der Waals surface area contributed by atoms with E-state index in [9.17, 15) is 0 Å². The summed E-state index contributed by atoms with van der Waals surface area (Å²) in [5.41, 5.74) is 3.94. The van der Waals surface area contributed by atoms with Gasteiger partial charge < -0.3 is 29.7 Å². The molecule has 0 saturated heterocycles. The van der Waals surface area contributed by atoms with Crippen LogP contribution < -0.4 is 0 Å². The van der Waals surface area contributed by atoms with E-state index in [1.54, 1.807) is 43.1 Å². The first-order valence-corrected chi connectivity index (χ1v) is 23.5. The van der Waals surface area contributed by atoms with E-state index in [0.29, 0.717) is 0 Å². The van der Waals surface area contributed by atoms with Gasteiger partial charge in [-0.3, -0.25) is 0 Å². The largest absolute Gasteiger partial charge is 4.00 e. The molecule has 0 aromatic heterocycles. The van der Waals surface area contributed by atoms with Crippen LogP contribution in [-0.2, 0) is 26.2 Å². The Kier molecular flexibility index (Phi) is 15.3. The molecular weight excluding hydrogens is 616 g/mol. The molecule has 2 aromatic carbocycles. The fourth-order valence-corrected chi connectivity index (χ4v) is 24.8. The van der Waals surface area contributed by atoms with Crippen LogP contribution in [0.3, 0.4) is 0 Å². The predicted molar refractivity (Wildman–Crippen MR) is 193 cm³/mol. The Morgan fingerprint density at radius 3 is 2.14 bits per heavy atom. The molecule has 234 valence electrons. The van der Waals surface area contributed by atoms with Crippen LogP contribution in [0, 0.1) is 59.3 Å². The zero-order valence-corrected chi connectivity index (χ0v) is 33.6. The van der Waals surface area contributed by atoms with Gasteiger partial charge in [0.1, 0.15) is 0 Å². The molecule has 0 aliphatic heterocycles. The van der Waals surface area contributed by atoms with Crippen LogP contribution in [-0.4, -0.2) is 15.2 Å². The fourth-order valence-electron chi connectivity index (χ4n) is 10.8. The van der Waals surface area contributed by atoms with Crippen LogP contribution in [0.2, 0.25) is 37.3 Å². The van der Waals surface area contributed by atoms with Gasteiger partial charge in [0, 0.05) is 15.2 Å². The van der Waals surface area contributed by atoms with Crippen molar-refractivity contribution in [2.24, 2.45) is 29.6 Å². The van der Waals surface area contributed by atoms with E-state index in [2.05, 4.69) is 75.6 Å². The zero-order chi connectivity index (χ0) is 25.8. The smallest absolute Gasteiger partial charge is 0.358 e. The molecule has 8 atom stereocenters. The number of benzene rings is 2. The van der Waals surface area contributed by atoms with E-state index in [1.807, 2.05) is 0 Å². The van der Waals surface area contributed by atoms with Gasteiger partial charge in [0.25, 0.3) is 0 Å². The molecule has 2 aromatic rings. The Morgan fingerprint density at radius 2 is 1.40 bits per heavy atom. The molecule has 0 bridgehead atoms. The molecule has 4 fully saturated rings. The van der Waals surface area contributed by atoms with Crippen molar-refractivity contribution in [1.82, 2.24) is 0 Å². The third-order valence-electron chi connectivity index (χ3n) is 13.4. The molecule has 4 aliphatic rings. The van der Waals surface area contributed by atoms with E-state index in [0.717, 1.165) is 46.6 Å². The number of hydrogen-bond donors (Lipinski definition) is 0. The average molecular weight is 682 g/mol. The molecule has 4 aliphatic carbocycles. The normalized spacial score (nSPS) is 31.8. The van der Waals surface area contributed by atoms with Crippen LogP contribution in [0.25, 0.3) is 10.8 Å². The molecule has 8 unspecified atom stereocenters. The van der Waals surface area contributed by atoms with E-state index < -0.39 is 15.2 Å². The molecule has 0 heterocycles. The monoisotopic (exact) mass is 680 g/mol. The van der Waals surface area contributed by atoms with Gasteiger partial charge in [-0.25, -0.2) is 0 Å². The second-order valence-corrected chi connectivity index (χ2v) is 31.3. The van der Waals surface area contributed by atoms with Crippen molar-refractivity contribution in [3.05, 3.63) is 77.7 Å². The molecule has 6 rings (SSSR count). The second kappa shape index (κ2) is 16.0. The topological polar surface area (TPSA) is 0 Å². The standard InChI is InChI=1S/C35H54Si2.4CH3.Zr/c1-6-7-12-25-19-20-28(23-25)36(2,3)37(4,5)34-22-21-32-33(34)24-27-15-11-17-30(27)35(32)31-18-10-14-26-13-8-9-16-29(26)31;;;;;/h8-10,13-14,16,18,25,27-28,30,32-35H,6-7,11-12,15,17,19-24H2,1-5H3;4*1H3;/q;4*-1;+4. The first kappa shape index (κ1) is 40.0. The van der Waals surface area contributed by atoms with E-state index in [1.165, 1.54) is 50.3 Å². The minimum absolute atomic E-state index is 0. The maximum atomic E-state index is 2.92. The summed E-state index contributed by atoms with van der Waals surface area (Å²) in [5, 5.41) is 3.04. The van der Waals surface area contributed by atoms with Crippen LogP contribution in [0.15, 0.2) is 42.5 Å². The van der Waals surface area contributed by atoms with E-state index in [4.69, 9.17) is 0 Å². The van der Waals surface area contributed by atoms with Gasteiger partial charge in [-0.15, -0.1) is 0 Å². The molecule has 0 radical (unpaired) electrons. The van der Waals surface area contributed by atoms with Crippen molar-refractivity contribution in [2.45, 2.75) is 127 Å². The van der Waals surface area contributed by atoms with Crippen molar-refractivity contribution in [1.29, 1.82) is 0 Å². The van der Waals surface area contributed by atoms with Crippen LogP contribution >= 0.6 is 0 Å². The van der Waals surface area contributed by atoms with E-state index >= 15 is 0 Å². The molecular formula is C39H66Si2Zr. The Bertz CT molecular complexity index is 1090. The first-order chi connectivity index (χ1) is 17.8. The van der Waals surface area contributed by atoms with Crippen LogP contribution in [0.4, 0.5) is 0 Å². The minimum atomic E-state index is -1.32. The Morgan fingerprint density at radius 1 is 0.690 bits per heavy atom. The summed E-state index contributed by atoms with van der Waals surface area (Å²) in [6, 6.07) is 16.6. The maximum Gasteiger partial charge on any atom is 4.00 e. The number of fused-ring (bicyclic) bond motifs is 3. The van der Waals surface area contributed by atoms with Gasteiger partial charge >= 0.3 is 26.2 Å². The number of unbranched alkanes of at least 4 members (excludes halogenated alkanes) is 1. The fraction of sp³-hybridized carbons (Fsp3) is 0.641. The quantitative estimate of drug-likeness (QED) is 0.201. The van der Waals surface area contributed by atoms with Gasteiger partial charge in [-0.1, -0.05) is 133 Å². The van der Waals surface area contributed by atoms with Crippen molar-refractivity contribution >= 4 is 26.0 Å². The summed E-state index contributed by atoms with van der Waals surface area (Å²) in [6.07, 6.45) is 18.3. The second-order valence-electron chi connectivity index (χ2n) is 15.2.